The first-order valence-corrected chi connectivity index (χ1v) is 9.01. The van der Waals surface area contributed by atoms with Crippen LogP contribution in [0, 0.1) is 0 Å². The zero-order chi connectivity index (χ0) is 17.8. The fraction of sp³-hybridized carbons (Fsp3) is 0.261. The summed E-state index contributed by atoms with van der Waals surface area (Å²) in [6.07, 6.45) is 2.79. The average Bonchev–Trinajstić information content (AvgIpc) is 3.04. The first-order valence-electron chi connectivity index (χ1n) is 9.01. The van der Waals surface area contributed by atoms with Gasteiger partial charge in [0.25, 0.3) is 0 Å². The molecular formula is C23H26N2. The van der Waals surface area contributed by atoms with Gasteiger partial charge in [-0.15, -0.1) is 0 Å². The van der Waals surface area contributed by atoms with Gasteiger partial charge in [-0.25, -0.2) is 0 Å². The first kappa shape index (κ1) is 17.2. The summed E-state index contributed by atoms with van der Waals surface area (Å²) in [7, 11) is 0. The third kappa shape index (κ3) is 3.74. The molecule has 0 spiro atoms. The fourth-order valence-electron chi connectivity index (χ4n) is 3.30. The van der Waals surface area contributed by atoms with Crippen molar-refractivity contribution in [3.05, 3.63) is 88.6 Å². The number of benzene rings is 2. The lowest BCUT2D eigenvalue weighted by Gasteiger charge is -2.12. The molecule has 25 heavy (non-hydrogen) atoms. The second-order valence-electron chi connectivity index (χ2n) is 6.58. The maximum Gasteiger partial charge on any atom is 0.0729 e. The van der Waals surface area contributed by atoms with E-state index in [4.69, 9.17) is 10.7 Å². The maximum absolute atomic E-state index is 5.90. The van der Waals surface area contributed by atoms with Crippen LogP contribution in [0.4, 0.5) is 0 Å². The van der Waals surface area contributed by atoms with E-state index in [9.17, 15) is 0 Å². The Morgan fingerprint density at radius 2 is 1.44 bits per heavy atom. The van der Waals surface area contributed by atoms with Crippen molar-refractivity contribution in [3.63, 3.8) is 0 Å². The van der Waals surface area contributed by atoms with E-state index in [-0.39, 0.29) is 0 Å². The molecule has 1 heterocycles. The summed E-state index contributed by atoms with van der Waals surface area (Å²) in [6, 6.07) is 17.5. The highest BCUT2D eigenvalue weighted by molar-refractivity contribution is 6.33. The van der Waals surface area contributed by atoms with Gasteiger partial charge in [0.1, 0.15) is 0 Å². The zero-order valence-electron chi connectivity index (χ0n) is 15.2. The van der Waals surface area contributed by atoms with Crippen LogP contribution in [0.5, 0.6) is 0 Å². The van der Waals surface area contributed by atoms with Crippen molar-refractivity contribution in [2.24, 2.45) is 10.7 Å². The Morgan fingerprint density at radius 3 is 1.92 bits per heavy atom. The zero-order valence-corrected chi connectivity index (χ0v) is 15.2. The van der Waals surface area contributed by atoms with E-state index in [2.05, 4.69) is 69.0 Å². The van der Waals surface area contributed by atoms with Gasteiger partial charge in [-0.1, -0.05) is 69.0 Å². The van der Waals surface area contributed by atoms with Crippen LogP contribution in [-0.2, 0) is 12.8 Å². The average molecular weight is 330 g/mol. The molecule has 1 aliphatic rings. The number of nitrogens with zero attached hydrogens (tertiary/aromatic N) is 1. The number of hydrogen-bond acceptors (Lipinski definition) is 2. The van der Waals surface area contributed by atoms with Gasteiger partial charge >= 0.3 is 0 Å². The van der Waals surface area contributed by atoms with Gasteiger partial charge in [-0.2, -0.15) is 0 Å². The van der Waals surface area contributed by atoms with Gasteiger partial charge in [0.05, 0.1) is 12.3 Å². The Kier molecular flexibility index (Phi) is 5.18. The van der Waals surface area contributed by atoms with Crippen molar-refractivity contribution in [2.45, 2.75) is 33.1 Å². The smallest absolute Gasteiger partial charge is 0.0729 e. The lowest BCUT2D eigenvalue weighted by atomic mass is 9.91. The summed E-state index contributed by atoms with van der Waals surface area (Å²) < 4.78 is 0. The minimum atomic E-state index is 0.690. The molecule has 3 rings (SSSR count). The molecule has 2 aromatic carbocycles. The molecule has 2 N–H and O–H groups in total. The normalized spacial score (nSPS) is 13.9. The van der Waals surface area contributed by atoms with Gasteiger partial charge in [0.15, 0.2) is 0 Å². The van der Waals surface area contributed by atoms with Crippen molar-refractivity contribution in [2.75, 3.05) is 6.54 Å². The number of allylic oxidation sites excluding steroid dienone is 2. The lowest BCUT2D eigenvalue weighted by molar-refractivity contribution is 1.03. The van der Waals surface area contributed by atoms with Crippen molar-refractivity contribution in [3.8, 4) is 0 Å². The molecule has 2 aromatic rings. The SMILES string of the molecule is C=C(N)CC1=C(c2ccc(CC)cc2)C(c2ccc(CC)cc2)=NC1. The van der Waals surface area contributed by atoms with Crippen molar-refractivity contribution in [1.82, 2.24) is 0 Å². The Balaban J connectivity index is 2.03. The van der Waals surface area contributed by atoms with E-state index in [0.29, 0.717) is 18.7 Å². The van der Waals surface area contributed by atoms with Crippen LogP contribution in [0.2, 0.25) is 0 Å². The second-order valence-corrected chi connectivity index (χ2v) is 6.58. The lowest BCUT2D eigenvalue weighted by Crippen LogP contribution is -2.05. The number of aryl methyl sites for hydroxylation is 2. The van der Waals surface area contributed by atoms with Crippen LogP contribution in [0.3, 0.4) is 0 Å². The summed E-state index contributed by atoms with van der Waals surface area (Å²) >= 11 is 0. The summed E-state index contributed by atoms with van der Waals surface area (Å²) in [5.41, 5.74) is 15.2. The van der Waals surface area contributed by atoms with E-state index >= 15 is 0 Å². The molecule has 0 unspecified atom stereocenters. The monoisotopic (exact) mass is 330 g/mol. The van der Waals surface area contributed by atoms with E-state index in [1.807, 2.05) is 0 Å². The predicted molar refractivity (Wildman–Crippen MR) is 108 cm³/mol. The summed E-state index contributed by atoms with van der Waals surface area (Å²) in [5.74, 6) is 0. The van der Waals surface area contributed by atoms with Crippen LogP contribution in [0.1, 0.15) is 42.5 Å². The highest BCUT2D eigenvalue weighted by Gasteiger charge is 2.22. The summed E-state index contributed by atoms with van der Waals surface area (Å²) in [4.78, 5) is 4.84. The van der Waals surface area contributed by atoms with Gasteiger partial charge in [0.2, 0.25) is 0 Å². The minimum absolute atomic E-state index is 0.690. The van der Waals surface area contributed by atoms with E-state index in [1.54, 1.807) is 0 Å². The third-order valence-electron chi connectivity index (χ3n) is 4.75. The molecule has 128 valence electrons. The van der Waals surface area contributed by atoms with Gasteiger partial charge in [0, 0.05) is 23.3 Å². The number of hydrogen-bond donors (Lipinski definition) is 1. The summed E-state index contributed by atoms with van der Waals surface area (Å²) in [5, 5.41) is 0. The molecular weight excluding hydrogens is 304 g/mol. The largest absolute Gasteiger partial charge is 0.402 e. The van der Waals surface area contributed by atoms with E-state index in [0.717, 1.165) is 18.6 Å². The van der Waals surface area contributed by atoms with Crippen LogP contribution >= 0.6 is 0 Å². The molecule has 0 atom stereocenters. The molecule has 0 radical (unpaired) electrons. The molecule has 0 aliphatic carbocycles. The highest BCUT2D eigenvalue weighted by atomic mass is 14.8. The molecule has 2 heteroatoms. The first-order chi connectivity index (χ1) is 12.1. The van der Waals surface area contributed by atoms with Gasteiger partial charge < -0.3 is 5.73 Å². The van der Waals surface area contributed by atoms with Crippen LogP contribution < -0.4 is 5.73 Å². The van der Waals surface area contributed by atoms with Crippen LogP contribution in [-0.4, -0.2) is 12.3 Å². The Morgan fingerprint density at radius 1 is 0.920 bits per heavy atom. The molecule has 0 saturated carbocycles. The van der Waals surface area contributed by atoms with Crippen LogP contribution in [0.25, 0.3) is 5.57 Å². The van der Waals surface area contributed by atoms with E-state index in [1.165, 1.54) is 33.4 Å². The van der Waals surface area contributed by atoms with E-state index < -0.39 is 0 Å². The van der Waals surface area contributed by atoms with Gasteiger partial charge in [-0.3, -0.25) is 4.99 Å². The van der Waals surface area contributed by atoms with Crippen LogP contribution in [0.15, 0.2) is 71.4 Å². The molecule has 2 nitrogen and oxygen atoms in total. The number of rotatable bonds is 6. The second kappa shape index (κ2) is 7.52. The Labute approximate surface area is 150 Å². The highest BCUT2D eigenvalue weighted by Crippen LogP contribution is 2.32. The predicted octanol–water partition coefficient (Wildman–Crippen LogP) is 4.93. The van der Waals surface area contributed by atoms with Crippen molar-refractivity contribution < 1.29 is 0 Å². The Bertz CT molecular complexity index is 821. The third-order valence-corrected chi connectivity index (χ3v) is 4.75. The molecule has 0 fully saturated rings. The molecule has 0 bridgehead atoms. The molecule has 0 amide bonds. The molecule has 0 saturated heterocycles. The van der Waals surface area contributed by atoms with Crippen molar-refractivity contribution in [1.29, 1.82) is 0 Å². The van der Waals surface area contributed by atoms with Crippen molar-refractivity contribution >= 4 is 11.3 Å². The quantitative estimate of drug-likeness (QED) is 0.801. The number of aliphatic imine (C=N–C) groups is 1. The molecule has 0 aromatic heterocycles. The minimum Gasteiger partial charge on any atom is -0.402 e. The maximum atomic E-state index is 5.90. The summed E-state index contributed by atoms with van der Waals surface area (Å²) in [6.45, 7) is 8.94. The fourth-order valence-corrected chi connectivity index (χ4v) is 3.30. The van der Waals surface area contributed by atoms with Gasteiger partial charge in [-0.05, 0) is 35.1 Å². The topological polar surface area (TPSA) is 38.4 Å². The molecule has 1 aliphatic heterocycles. The Hall–Kier alpha value is -2.61. The standard InChI is InChI=1S/C23H26N2/c1-4-17-6-10-19(11-7-17)22-21(14-16(3)24)15-25-23(22)20-12-8-18(5-2)9-13-20/h6-13H,3-5,14-15,24H2,1-2H3. The number of nitrogens with two attached hydrogens (primary N) is 1.